The van der Waals surface area contributed by atoms with E-state index in [1.54, 1.807) is 6.07 Å². The Hall–Kier alpha value is -1.58. The first kappa shape index (κ1) is 8.04. The molecular weight excluding hydrogens is 173 g/mol. The van der Waals surface area contributed by atoms with Crippen molar-refractivity contribution in [2.45, 2.75) is 6.42 Å². The Bertz CT molecular complexity index is 351. The first-order valence-electron chi connectivity index (χ1n) is 4.00. The SMILES string of the molecule is O=C1CCNc2ccc(F)cc2O1. The van der Waals surface area contributed by atoms with Crippen LogP contribution in [0, 0.1) is 5.82 Å². The van der Waals surface area contributed by atoms with Crippen LogP contribution >= 0.6 is 0 Å². The molecule has 13 heavy (non-hydrogen) atoms. The molecule has 0 spiro atoms. The van der Waals surface area contributed by atoms with E-state index in [9.17, 15) is 9.18 Å². The van der Waals surface area contributed by atoms with Gasteiger partial charge < -0.3 is 10.1 Å². The molecule has 4 heteroatoms. The van der Waals surface area contributed by atoms with Crippen molar-refractivity contribution < 1.29 is 13.9 Å². The lowest BCUT2D eigenvalue weighted by Crippen LogP contribution is -2.08. The molecule has 3 nitrogen and oxygen atoms in total. The van der Waals surface area contributed by atoms with E-state index in [1.807, 2.05) is 0 Å². The van der Waals surface area contributed by atoms with Crippen LogP contribution in [0.1, 0.15) is 6.42 Å². The smallest absolute Gasteiger partial charge is 0.313 e. The van der Waals surface area contributed by atoms with Gasteiger partial charge in [0.15, 0.2) is 5.75 Å². The van der Waals surface area contributed by atoms with Gasteiger partial charge in [0.25, 0.3) is 0 Å². The van der Waals surface area contributed by atoms with Crippen molar-refractivity contribution in [3.63, 3.8) is 0 Å². The molecule has 0 amide bonds. The number of esters is 1. The summed E-state index contributed by atoms with van der Waals surface area (Å²) in [5.74, 6) is -0.477. The molecule has 68 valence electrons. The minimum absolute atomic E-state index is 0.266. The van der Waals surface area contributed by atoms with Gasteiger partial charge in [0.05, 0.1) is 12.1 Å². The van der Waals surface area contributed by atoms with Crippen LogP contribution in [-0.2, 0) is 4.79 Å². The molecule has 1 N–H and O–H groups in total. The molecule has 1 aliphatic heterocycles. The highest BCUT2D eigenvalue weighted by molar-refractivity contribution is 5.77. The Morgan fingerprint density at radius 3 is 3.15 bits per heavy atom. The van der Waals surface area contributed by atoms with E-state index in [0.29, 0.717) is 18.7 Å². The summed E-state index contributed by atoms with van der Waals surface area (Å²) in [6.07, 6.45) is 0.302. The number of hydrogen-bond acceptors (Lipinski definition) is 3. The minimum Gasteiger partial charge on any atom is -0.424 e. The van der Waals surface area contributed by atoms with Crippen LogP contribution in [0.3, 0.4) is 0 Å². The predicted molar refractivity (Wildman–Crippen MR) is 45.1 cm³/mol. The average molecular weight is 181 g/mol. The van der Waals surface area contributed by atoms with E-state index >= 15 is 0 Å². The Balaban J connectivity index is 2.40. The average Bonchev–Trinajstić information content (AvgIpc) is 2.25. The summed E-state index contributed by atoms with van der Waals surface area (Å²) >= 11 is 0. The normalized spacial score (nSPS) is 15.3. The van der Waals surface area contributed by atoms with Crippen LogP contribution in [0.2, 0.25) is 0 Å². The zero-order valence-corrected chi connectivity index (χ0v) is 6.84. The fraction of sp³-hybridized carbons (Fsp3) is 0.222. The van der Waals surface area contributed by atoms with Crippen LogP contribution in [0.15, 0.2) is 18.2 Å². The number of ether oxygens (including phenoxy) is 1. The molecule has 1 aromatic carbocycles. The van der Waals surface area contributed by atoms with Gasteiger partial charge in [-0.25, -0.2) is 4.39 Å². The zero-order valence-electron chi connectivity index (χ0n) is 6.84. The van der Waals surface area contributed by atoms with Crippen molar-refractivity contribution >= 4 is 11.7 Å². The summed E-state index contributed by atoms with van der Waals surface area (Å²) in [5.41, 5.74) is 0.659. The van der Waals surface area contributed by atoms with Crippen molar-refractivity contribution in [3.8, 4) is 5.75 Å². The lowest BCUT2D eigenvalue weighted by atomic mass is 10.3. The number of rotatable bonds is 0. The van der Waals surface area contributed by atoms with E-state index in [-0.39, 0.29) is 11.7 Å². The standard InChI is InChI=1S/C9H8FNO2/c10-6-1-2-7-8(5-6)13-9(12)3-4-11-7/h1-2,5,11H,3-4H2. The summed E-state index contributed by atoms with van der Waals surface area (Å²) in [5, 5.41) is 2.97. The van der Waals surface area contributed by atoms with Gasteiger partial charge in [-0.15, -0.1) is 0 Å². The van der Waals surface area contributed by atoms with Crippen LogP contribution in [-0.4, -0.2) is 12.5 Å². The van der Waals surface area contributed by atoms with E-state index in [1.165, 1.54) is 12.1 Å². The third kappa shape index (κ3) is 1.61. The van der Waals surface area contributed by atoms with Gasteiger partial charge in [0.2, 0.25) is 0 Å². The molecule has 0 radical (unpaired) electrons. The summed E-state index contributed by atoms with van der Waals surface area (Å²) in [7, 11) is 0. The van der Waals surface area contributed by atoms with E-state index < -0.39 is 5.82 Å². The Morgan fingerprint density at radius 2 is 2.31 bits per heavy atom. The van der Waals surface area contributed by atoms with Gasteiger partial charge in [-0.3, -0.25) is 4.79 Å². The lowest BCUT2D eigenvalue weighted by Gasteiger charge is -2.05. The second kappa shape index (κ2) is 3.05. The molecule has 0 aliphatic carbocycles. The van der Waals surface area contributed by atoms with E-state index in [2.05, 4.69) is 5.32 Å². The highest BCUT2D eigenvalue weighted by atomic mass is 19.1. The fourth-order valence-electron chi connectivity index (χ4n) is 1.20. The van der Waals surface area contributed by atoms with Crippen LogP contribution in [0.5, 0.6) is 5.75 Å². The van der Waals surface area contributed by atoms with Crippen molar-refractivity contribution in [1.29, 1.82) is 0 Å². The molecular formula is C9H8FNO2. The zero-order chi connectivity index (χ0) is 9.26. The molecule has 1 aliphatic rings. The molecule has 0 atom stereocenters. The number of benzene rings is 1. The van der Waals surface area contributed by atoms with Crippen LogP contribution in [0.4, 0.5) is 10.1 Å². The Kier molecular flexibility index (Phi) is 1.88. The van der Waals surface area contributed by atoms with Crippen molar-refractivity contribution in [3.05, 3.63) is 24.0 Å². The molecule has 0 fully saturated rings. The van der Waals surface area contributed by atoms with E-state index in [0.717, 1.165) is 0 Å². The number of anilines is 1. The molecule has 0 saturated carbocycles. The Morgan fingerprint density at radius 1 is 1.46 bits per heavy atom. The summed E-state index contributed by atoms with van der Waals surface area (Å²) in [4.78, 5) is 11.0. The first-order valence-corrected chi connectivity index (χ1v) is 4.00. The largest absolute Gasteiger partial charge is 0.424 e. The number of carbonyl (C=O) groups excluding carboxylic acids is 1. The number of fused-ring (bicyclic) bond motifs is 1. The fourth-order valence-corrected chi connectivity index (χ4v) is 1.20. The van der Waals surface area contributed by atoms with Gasteiger partial charge in [0, 0.05) is 12.6 Å². The number of halogens is 1. The number of carbonyl (C=O) groups is 1. The molecule has 1 heterocycles. The maximum atomic E-state index is 12.7. The first-order chi connectivity index (χ1) is 6.25. The molecule has 0 bridgehead atoms. The van der Waals surface area contributed by atoms with Crippen LogP contribution in [0.25, 0.3) is 0 Å². The van der Waals surface area contributed by atoms with Crippen LogP contribution < -0.4 is 10.1 Å². The quantitative estimate of drug-likeness (QED) is 0.487. The molecule has 2 rings (SSSR count). The van der Waals surface area contributed by atoms with Gasteiger partial charge in [-0.05, 0) is 12.1 Å². The van der Waals surface area contributed by atoms with Gasteiger partial charge in [-0.1, -0.05) is 0 Å². The van der Waals surface area contributed by atoms with Crippen molar-refractivity contribution in [1.82, 2.24) is 0 Å². The highest BCUT2D eigenvalue weighted by Crippen LogP contribution is 2.27. The second-order valence-corrected chi connectivity index (χ2v) is 2.79. The summed E-state index contributed by atoms with van der Waals surface area (Å²) < 4.78 is 17.6. The molecule has 0 saturated heterocycles. The maximum Gasteiger partial charge on any atom is 0.313 e. The summed E-state index contributed by atoms with van der Waals surface area (Å²) in [6.45, 7) is 0.525. The van der Waals surface area contributed by atoms with Gasteiger partial charge >= 0.3 is 5.97 Å². The third-order valence-electron chi connectivity index (χ3n) is 1.81. The maximum absolute atomic E-state index is 12.7. The minimum atomic E-state index is -0.407. The van der Waals surface area contributed by atoms with Gasteiger partial charge in [0.1, 0.15) is 5.82 Å². The molecule has 0 unspecified atom stereocenters. The monoisotopic (exact) mass is 181 g/mol. The highest BCUT2D eigenvalue weighted by Gasteiger charge is 2.14. The second-order valence-electron chi connectivity index (χ2n) is 2.79. The third-order valence-corrected chi connectivity index (χ3v) is 1.81. The van der Waals surface area contributed by atoms with Crippen molar-refractivity contribution in [2.75, 3.05) is 11.9 Å². The number of nitrogens with one attached hydrogen (secondary N) is 1. The Labute approximate surface area is 74.5 Å². The van der Waals surface area contributed by atoms with Gasteiger partial charge in [-0.2, -0.15) is 0 Å². The molecule has 1 aromatic rings. The summed E-state index contributed by atoms with van der Waals surface area (Å²) in [6, 6.07) is 4.08. The van der Waals surface area contributed by atoms with E-state index in [4.69, 9.17) is 4.74 Å². The van der Waals surface area contributed by atoms with Crippen molar-refractivity contribution in [2.24, 2.45) is 0 Å². The topological polar surface area (TPSA) is 38.3 Å². The molecule has 0 aromatic heterocycles. The lowest BCUT2D eigenvalue weighted by molar-refractivity contribution is -0.133. The predicted octanol–water partition coefficient (Wildman–Crippen LogP) is 1.55. The number of hydrogen-bond donors (Lipinski definition) is 1.